The normalized spacial score (nSPS) is 32.5. The lowest BCUT2D eigenvalue weighted by Gasteiger charge is -2.18. The van der Waals surface area contributed by atoms with E-state index in [2.05, 4.69) is 5.32 Å². The fraction of sp³-hybridized carbons (Fsp3) is 0.667. The van der Waals surface area contributed by atoms with Crippen molar-refractivity contribution < 1.29 is 23.9 Å². The van der Waals surface area contributed by atoms with Crippen LogP contribution in [0.1, 0.15) is 63.9 Å². The van der Waals surface area contributed by atoms with Gasteiger partial charge in [-0.25, -0.2) is 4.79 Å². The molecule has 4 fully saturated rings. The average molecular weight is 454 g/mol. The fourth-order valence-electron chi connectivity index (χ4n) is 6.54. The SMILES string of the molecule is CCOC(=O)[C@@H](Cc1ccc(OC(=O)C2[C@H]3CCCC[C@H]23)cc1)NC(=O)C1[C@H]2CCCC[C@H]12. The topological polar surface area (TPSA) is 81.7 Å². The monoisotopic (exact) mass is 453 g/mol. The van der Waals surface area contributed by atoms with Gasteiger partial charge in [0, 0.05) is 12.3 Å². The molecular weight excluding hydrogens is 418 g/mol. The molecule has 0 saturated heterocycles. The minimum absolute atomic E-state index is 0.0126. The van der Waals surface area contributed by atoms with Gasteiger partial charge in [-0.15, -0.1) is 0 Å². The molecule has 1 aromatic carbocycles. The molecule has 0 spiro atoms. The number of nitrogens with one attached hydrogen (secondary N) is 1. The van der Waals surface area contributed by atoms with E-state index in [1.807, 2.05) is 12.1 Å². The molecule has 0 bridgehead atoms. The second-order valence-electron chi connectivity index (χ2n) is 10.4. The quantitative estimate of drug-likeness (QED) is 0.474. The zero-order chi connectivity index (χ0) is 22.9. The molecule has 33 heavy (non-hydrogen) atoms. The van der Waals surface area contributed by atoms with E-state index < -0.39 is 12.0 Å². The molecule has 0 aromatic heterocycles. The van der Waals surface area contributed by atoms with E-state index in [-0.39, 0.29) is 30.3 Å². The number of amides is 1. The van der Waals surface area contributed by atoms with Crippen LogP contribution in [0.15, 0.2) is 24.3 Å². The van der Waals surface area contributed by atoms with Crippen LogP contribution in [0.5, 0.6) is 5.75 Å². The highest BCUT2D eigenvalue weighted by atomic mass is 16.5. The highest BCUT2D eigenvalue weighted by molar-refractivity contribution is 5.88. The van der Waals surface area contributed by atoms with Crippen molar-refractivity contribution in [2.45, 2.75) is 70.8 Å². The van der Waals surface area contributed by atoms with Crippen LogP contribution in [-0.4, -0.2) is 30.5 Å². The summed E-state index contributed by atoms with van der Waals surface area (Å²) in [5, 5.41) is 2.97. The zero-order valence-electron chi connectivity index (χ0n) is 19.5. The third kappa shape index (κ3) is 4.80. The Labute approximate surface area is 195 Å². The number of fused-ring (bicyclic) bond motifs is 2. The van der Waals surface area contributed by atoms with Gasteiger partial charge in [0.2, 0.25) is 5.91 Å². The predicted molar refractivity (Wildman–Crippen MR) is 122 cm³/mol. The number of carbonyl (C=O) groups is 3. The lowest BCUT2D eigenvalue weighted by Crippen LogP contribution is -2.44. The maximum absolute atomic E-state index is 12.9. The average Bonchev–Trinajstić information content (AvgIpc) is 3.72. The second-order valence-corrected chi connectivity index (χ2v) is 10.4. The van der Waals surface area contributed by atoms with Crippen LogP contribution < -0.4 is 10.1 Å². The molecule has 1 amide bonds. The minimum Gasteiger partial charge on any atom is -0.464 e. The summed E-state index contributed by atoms with van der Waals surface area (Å²) in [7, 11) is 0. The van der Waals surface area contributed by atoms with Crippen LogP contribution in [0.2, 0.25) is 0 Å². The molecule has 1 aromatic rings. The molecule has 178 valence electrons. The van der Waals surface area contributed by atoms with E-state index in [1.54, 1.807) is 19.1 Å². The van der Waals surface area contributed by atoms with E-state index in [9.17, 15) is 14.4 Å². The van der Waals surface area contributed by atoms with Crippen molar-refractivity contribution in [1.29, 1.82) is 0 Å². The number of hydrogen-bond acceptors (Lipinski definition) is 5. The lowest BCUT2D eigenvalue weighted by atomic mass is 10.0. The Balaban J connectivity index is 1.17. The summed E-state index contributed by atoms with van der Waals surface area (Å²) in [6.45, 7) is 2.04. The molecule has 0 aliphatic heterocycles. The maximum Gasteiger partial charge on any atom is 0.328 e. The number of rotatable bonds is 8. The second kappa shape index (κ2) is 9.47. The van der Waals surface area contributed by atoms with E-state index in [1.165, 1.54) is 25.7 Å². The smallest absolute Gasteiger partial charge is 0.328 e. The molecule has 1 N–H and O–H groups in total. The van der Waals surface area contributed by atoms with E-state index in [0.29, 0.717) is 35.8 Å². The van der Waals surface area contributed by atoms with E-state index in [4.69, 9.17) is 9.47 Å². The fourth-order valence-corrected chi connectivity index (χ4v) is 6.54. The van der Waals surface area contributed by atoms with Gasteiger partial charge in [0.1, 0.15) is 11.8 Å². The van der Waals surface area contributed by atoms with Crippen molar-refractivity contribution in [3.63, 3.8) is 0 Å². The van der Waals surface area contributed by atoms with Crippen LogP contribution in [0.3, 0.4) is 0 Å². The van der Waals surface area contributed by atoms with Crippen LogP contribution in [0.25, 0.3) is 0 Å². The summed E-state index contributed by atoms with van der Waals surface area (Å²) in [4.78, 5) is 37.9. The van der Waals surface area contributed by atoms with Gasteiger partial charge in [-0.2, -0.15) is 0 Å². The Morgan fingerprint density at radius 3 is 1.97 bits per heavy atom. The molecule has 0 heterocycles. The van der Waals surface area contributed by atoms with Crippen molar-refractivity contribution in [2.75, 3.05) is 6.61 Å². The molecule has 6 heteroatoms. The first-order chi connectivity index (χ1) is 16.1. The van der Waals surface area contributed by atoms with Crippen LogP contribution in [0.4, 0.5) is 0 Å². The summed E-state index contributed by atoms with van der Waals surface area (Å²) < 4.78 is 10.9. The molecule has 4 aliphatic rings. The largest absolute Gasteiger partial charge is 0.464 e. The summed E-state index contributed by atoms with van der Waals surface area (Å²) in [5.41, 5.74) is 0.890. The Morgan fingerprint density at radius 2 is 1.42 bits per heavy atom. The van der Waals surface area contributed by atoms with Crippen molar-refractivity contribution in [2.24, 2.45) is 35.5 Å². The highest BCUT2D eigenvalue weighted by Gasteiger charge is 2.56. The molecule has 4 aliphatic carbocycles. The summed E-state index contributed by atoms with van der Waals surface area (Å²) in [6.07, 6.45) is 9.73. The Hall–Kier alpha value is -2.37. The first-order valence-corrected chi connectivity index (χ1v) is 12.8. The molecule has 6 nitrogen and oxygen atoms in total. The zero-order valence-corrected chi connectivity index (χ0v) is 19.5. The number of esters is 2. The molecular formula is C27H35NO5. The number of ether oxygens (including phenoxy) is 2. The van der Waals surface area contributed by atoms with Crippen molar-refractivity contribution in [3.05, 3.63) is 29.8 Å². The van der Waals surface area contributed by atoms with Crippen LogP contribution in [-0.2, 0) is 25.5 Å². The van der Waals surface area contributed by atoms with Gasteiger partial charge in [0.05, 0.1) is 12.5 Å². The molecule has 5 rings (SSSR count). The predicted octanol–water partition coefficient (Wildman–Crippen LogP) is 4.05. The third-order valence-corrected chi connectivity index (χ3v) is 8.36. The first-order valence-electron chi connectivity index (χ1n) is 12.8. The van der Waals surface area contributed by atoms with Gasteiger partial charge in [-0.1, -0.05) is 37.8 Å². The summed E-state index contributed by atoms with van der Waals surface area (Å²) in [6, 6.07) is 6.57. The molecule has 0 radical (unpaired) electrons. The number of hydrogen-bond donors (Lipinski definition) is 1. The van der Waals surface area contributed by atoms with Crippen LogP contribution >= 0.6 is 0 Å². The molecule has 4 saturated carbocycles. The van der Waals surface area contributed by atoms with Gasteiger partial charge in [0.15, 0.2) is 0 Å². The van der Waals surface area contributed by atoms with Gasteiger partial charge < -0.3 is 14.8 Å². The molecule has 0 unspecified atom stereocenters. The summed E-state index contributed by atoms with van der Waals surface area (Å²) >= 11 is 0. The van der Waals surface area contributed by atoms with Gasteiger partial charge >= 0.3 is 11.9 Å². The standard InChI is InChI=1S/C27H35NO5/c1-2-32-26(30)22(28-25(29)23-18-7-3-4-8-19(18)23)15-16-11-13-17(14-12-16)33-27(31)24-20-9-5-6-10-21(20)24/h11-14,18-24H,2-10,15H2,1H3,(H,28,29)/t18-,19-,20-,21-,22+/m0/s1. The third-order valence-electron chi connectivity index (χ3n) is 8.36. The Kier molecular flexibility index (Phi) is 6.44. The lowest BCUT2D eigenvalue weighted by molar-refractivity contribution is -0.147. The Morgan fingerprint density at radius 1 is 0.879 bits per heavy atom. The van der Waals surface area contributed by atoms with Gasteiger partial charge in [-0.05, 0) is 74.0 Å². The highest BCUT2D eigenvalue weighted by Crippen LogP contribution is 2.56. The van der Waals surface area contributed by atoms with E-state index in [0.717, 1.165) is 31.2 Å². The minimum atomic E-state index is -0.705. The number of carbonyl (C=O) groups excluding carboxylic acids is 3. The first kappa shape index (κ1) is 22.4. The van der Waals surface area contributed by atoms with Crippen molar-refractivity contribution in [3.8, 4) is 5.75 Å². The van der Waals surface area contributed by atoms with E-state index >= 15 is 0 Å². The van der Waals surface area contributed by atoms with Gasteiger partial charge in [-0.3, -0.25) is 9.59 Å². The van der Waals surface area contributed by atoms with Crippen LogP contribution in [0, 0.1) is 35.5 Å². The summed E-state index contributed by atoms with van der Waals surface area (Å²) in [5.74, 6) is 2.16. The van der Waals surface area contributed by atoms with Crippen molar-refractivity contribution in [1.82, 2.24) is 5.32 Å². The maximum atomic E-state index is 12.9. The van der Waals surface area contributed by atoms with Crippen molar-refractivity contribution >= 4 is 17.8 Å². The Bertz CT molecular complexity index is 872. The number of benzene rings is 1. The van der Waals surface area contributed by atoms with Gasteiger partial charge in [0.25, 0.3) is 0 Å². The molecule has 5 atom stereocenters.